The molecule has 0 radical (unpaired) electrons. The molecule has 1 saturated heterocycles. The van der Waals surface area contributed by atoms with Gasteiger partial charge in [-0.15, -0.1) is 0 Å². The molecule has 1 heterocycles. The van der Waals surface area contributed by atoms with Crippen LogP contribution in [-0.4, -0.2) is 26.4 Å². The topological polar surface area (TPSA) is 18.5 Å². The van der Waals surface area contributed by atoms with Crippen molar-refractivity contribution in [1.82, 2.24) is 0 Å². The van der Waals surface area contributed by atoms with Crippen molar-refractivity contribution in [2.24, 2.45) is 5.92 Å². The van der Waals surface area contributed by atoms with Crippen molar-refractivity contribution >= 4 is 0 Å². The normalized spacial score (nSPS) is 23.3. The second-order valence-electron chi connectivity index (χ2n) is 4.70. The van der Waals surface area contributed by atoms with Gasteiger partial charge in [-0.05, 0) is 24.5 Å². The van der Waals surface area contributed by atoms with Crippen LogP contribution in [0.2, 0.25) is 0 Å². The van der Waals surface area contributed by atoms with E-state index in [0.717, 1.165) is 19.6 Å². The molecule has 0 aromatic carbocycles. The van der Waals surface area contributed by atoms with Crippen molar-refractivity contribution in [3.8, 4) is 0 Å². The molecule has 19 heavy (non-hydrogen) atoms. The predicted octanol–water partition coefficient (Wildman–Crippen LogP) is 3.59. The van der Waals surface area contributed by atoms with Crippen LogP contribution in [0.5, 0.6) is 0 Å². The summed E-state index contributed by atoms with van der Waals surface area (Å²) in [6.45, 7) is 4.96. The van der Waals surface area contributed by atoms with Crippen LogP contribution < -0.4 is 0 Å². The van der Waals surface area contributed by atoms with E-state index in [9.17, 15) is 0 Å². The van der Waals surface area contributed by atoms with Crippen molar-refractivity contribution in [3.63, 3.8) is 0 Å². The average molecular weight is 258 g/mol. The molecule has 2 heteroatoms. The first-order chi connectivity index (χ1) is 9.42. The summed E-state index contributed by atoms with van der Waals surface area (Å²) in [5.74, 6) is 0.512. The summed E-state index contributed by atoms with van der Waals surface area (Å²) in [4.78, 5) is 0. The van der Waals surface area contributed by atoms with Crippen molar-refractivity contribution in [2.45, 2.75) is 13.3 Å². The molecule has 0 bridgehead atoms. The Balaban J connectivity index is 1.73. The Morgan fingerprint density at radius 3 is 3.11 bits per heavy atom. The first-order valence-electron chi connectivity index (χ1n) is 6.90. The lowest BCUT2D eigenvalue weighted by Crippen LogP contribution is -2.04. The van der Waals surface area contributed by atoms with Gasteiger partial charge in [-0.1, -0.05) is 48.6 Å². The molecule has 0 spiro atoms. The van der Waals surface area contributed by atoms with Crippen LogP contribution in [0.1, 0.15) is 13.3 Å². The molecule has 2 nitrogen and oxygen atoms in total. The minimum absolute atomic E-state index is 0.512. The monoisotopic (exact) mass is 258 g/mol. The summed E-state index contributed by atoms with van der Waals surface area (Å²) >= 11 is 0. The lowest BCUT2D eigenvalue weighted by Gasteiger charge is -2.14. The van der Waals surface area contributed by atoms with Gasteiger partial charge in [0.1, 0.15) is 0 Å². The van der Waals surface area contributed by atoms with E-state index in [-0.39, 0.29) is 0 Å². The molecular formula is C17H22O2. The lowest BCUT2D eigenvalue weighted by atomic mass is 9.90. The third-order valence-corrected chi connectivity index (χ3v) is 3.31. The van der Waals surface area contributed by atoms with Crippen molar-refractivity contribution < 1.29 is 9.47 Å². The van der Waals surface area contributed by atoms with E-state index in [0.29, 0.717) is 19.1 Å². The standard InChI is InChI=1S/C17H22O2/c1-2-3-4-5-11-18-12-7-10-15-8-6-9-16-13-19-14-17(15)16/h2-7,9-10,16H,8,11-14H2,1H3/b3-2+,5-4+,10-7+/t16-/m1/s1. The Hall–Kier alpha value is -1.38. The van der Waals surface area contributed by atoms with E-state index in [2.05, 4.69) is 24.3 Å². The van der Waals surface area contributed by atoms with Crippen molar-refractivity contribution in [3.05, 3.63) is 59.8 Å². The van der Waals surface area contributed by atoms with Crippen LogP contribution in [0.25, 0.3) is 0 Å². The first-order valence-corrected chi connectivity index (χ1v) is 6.90. The molecule has 0 unspecified atom stereocenters. The minimum Gasteiger partial charge on any atom is -0.376 e. The molecule has 2 rings (SSSR count). The molecular weight excluding hydrogens is 236 g/mol. The largest absolute Gasteiger partial charge is 0.376 e. The Morgan fingerprint density at radius 2 is 2.21 bits per heavy atom. The molecule has 0 N–H and O–H groups in total. The highest BCUT2D eigenvalue weighted by atomic mass is 16.5. The predicted molar refractivity (Wildman–Crippen MR) is 79.0 cm³/mol. The van der Waals surface area contributed by atoms with E-state index in [1.165, 1.54) is 11.1 Å². The minimum atomic E-state index is 0.512. The number of hydrogen-bond acceptors (Lipinski definition) is 2. The van der Waals surface area contributed by atoms with Crippen LogP contribution in [0.15, 0.2) is 59.8 Å². The summed E-state index contributed by atoms with van der Waals surface area (Å²) in [5.41, 5.74) is 2.85. The fourth-order valence-electron chi connectivity index (χ4n) is 2.31. The zero-order valence-corrected chi connectivity index (χ0v) is 11.5. The quantitative estimate of drug-likeness (QED) is 0.412. The SMILES string of the molecule is C/C=C/C=C/COC/C=C/C1=C2COC[C@H]2C=CC1. The number of rotatable bonds is 6. The third kappa shape index (κ3) is 4.34. The number of allylic oxidation sites excluding steroid dienone is 6. The second-order valence-corrected chi connectivity index (χ2v) is 4.70. The Kier molecular flexibility index (Phi) is 5.86. The average Bonchev–Trinajstić information content (AvgIpc) is 2.91. The summed E-state index contributed by atoms with van der Waals surface area (Å²) in [6, 6.07) is 0. The Bertz CT molecular complexity index is 425. The molecule has 0 amide bonds. The van der Waals surface area contributed by atoms with E-state index in [1.54, 1.807) is 0 Å². The smallest absolute Gasteiger partial charge is 0.0689 e. The fraction of sp³-hybridized carbons (Fsp3) is 0.412. The van der Waals surface area contributed by atoms with Crippen LogP contribution in [0, 0.1) is 5.92 Å². The summed E-state index contributed by atoms with van der Waals surface area (Å²) in [7, 11) is 0. The molecule has 2 aliphatic rings. The van der Waals surface area contributed by atoms with Gasteiger partial charge >= 0.3 is 0 Å². The molecule has 102 valence electrons. The molecule has 1 fully saturated rings. The van der Waals surface area contributed by atoms with Gasteiger partial charge < -0.3 is 9.47 Å². The Morgan fingerprint density at radius 1 is 1.32 bits per heavy atom. The zero-order chi connectivity index (χ0) is 13.3. The highest BCUT2D eigenvalue weighted by molar-refractivity contribution is 5.36. The van der Waals surface area contributed by atoms with Gasteiger partial charge in [-0.2, -0.15) is 0 Å². The van der Waals surface area contributed by atoms with Gasteiger partial charge in [-0.25, -0.2) is 0 Å². The maximum atomic E-state index is 5.51. The lowest BCUT2D eigenvalue weighted by molar-refractivity contribution is 0.194. The molecule has 0 aromatic rings. The highest BCUT2D eigenvalue weighted by Gasteiger charge is 2.23. The van der Waals surface area contributed by atoms with Gasteiger partial charge in [0.25, 0.3) is 0 Å². The van der Waals surface area contributed by atoms with Gasteiger partial charge in [0, 0.05) is 5.92 Å². The van der Waals surface area contributed by atoms with Crippen LogP contribution in [0.4, 0.5) is 0 Å². The third-order valence-electron chi connectivity index (χ3n) is 3.31. The van der Waals surface area contributed by atoms with Gasteiger partial charge in [-0.3, -0.25) is 0 Å². The van der Waals surface area contributed by atoms with E-state index in [4.69, 9.17) is 9.47 Å². The van der Waals surface area contributed by atoms with E-state index in [1.807, 2.05) is 31.2 Å². The molecule has 0 saturated carbocycles. The summed E-state index contributed by atoms with van der Waals surface area (Å²) in [6.07, 6.45) is 17.8. The van der Waals surface area contributed by atoms with Gasteiger partial charge in [0.15, 0.2) is 0 Å². The maximum Gasteiger partial charge on any atom is 0.0689 e. The van der Waals surface area contributed by atoms with Crippen molar-refractivity contribution in [1.29, 1.82) is 0 Å². The van der Waals surface area contributed by atoms with Gasteiger partial charge in [0.05, 0.1) is 26.4 Å². The van der Waals surface area contributed by atoms with Gasteiger partial charge in [0.2, 0.25) is 0 Å². The fourth-order valence-corrected chi connectivity index (χ4v) is 2.31. The first kappa shape index (κ1) is 14.0. The number of ether oxygens (including phenoxy) is 2. The summed E-state index contributed by atoms with van der Waals surface area (Å²) < 4.78 is 11.0. The second kappa shape index (κ2) is 7.93. The van der Waals surface area contributed by atoms with Crippen molar-refractivity contribution in [2.75, 3.05) is 26.4 Å². The summed E-state index contributed by atoms with van der Waals surface area (Å²) in [5, 5.41) is 0. The number of hydrogen-bond donors (Lipinski definition) is 0. The highest BCUT2D eigenvalue weighted by Crippen LogP contribution is 2.30. The number of fused-ring (bicyclic) bond motifs is 1. The van der Waals surface area contributed by atoms with Crippen LogP contribution in [0.3, 0.4) is 0 Å². The van der Waals surface area contributed by atoms with E-state index < -0.39 is 0 Å². The van der Waals surface area contributed by atoms with Crippen LogP contribution >= 0.6 is 0 Å². The molecule has 1 aliphatic heterocycles. The molecule has 1 aliphatic carbocycles. The van der Waals surface area contributed by atoms with E-state index >= 15 is 0 Å². The molecule has 0 aromatic heterocycles. The maximum absolute atomic E-state index is 5.51. The Labute approximate surface area is 115 Å². The molecule has 1 atom stereocenters. The zero-order valence-electron chi connectivity index (χ0n) is 11.5. The van der Waals surface area contributed by atoms with Crippen LogP contribution in [-0.2, 0) is 9.47 Å².